The van der Waals surface area contributed by atoms with Gasteiger partial charge in [0.15, 0.2) is 0 Å². The summed E-state index contributed by atoms with van der Waals surface area (Å²) in [4.78, 5) is 0.0797. The zero-order valence-electron chi connectivity index (χ0n) is 13.9. The summed E-state index contributed by atoms with van der Waals surface area (Å²) in [5, 5.41) is 0. The molecule has 0 saturated heterocycles. The average Bonchev–Trinajstić information content (AvgIpc) is 2.55. The van der Waals surface area contributed by atoms with Crippen LogP contribution in [0.3, 0.4) is 0 Å². The maximum atomic E-state index is 13.3. The van der Waals surface area contributed by atoms with Gasteiger partial charge >= 0.3 is 0 Å². The molecule has 0 aliphatic carbocycles. The predicted molar refractivity (Wildman–Crippen MR) is 92.3 cm³/mol. The maximum absolute atomic E-state index is 13.3. The molecule has 130 valence electrons. The molecule has 2 aromatic rings. The minimum Gasteiger partial charge on any atom is -0.494 e. The normalized spacial score (nSPS) is 11.5. The van der Waals surface area contributed by atoms with Gasteiger partial charge in [-0.15, -0.1) is 0 Å². The number of ether oxygens (including phenoxy) is 1. The second-order valence-corrected chi connectivity index (χ2v) is 7.22. The van der Waals surface area contributed by atoms with Crippen molar-refractivity contribution in [3.63, 3.8) is 0 Å². The van der Waals surface area contributed by atoms with E-state index >= 15 is 0 Å². The minimum atomic E-state index is -3.62. The molecule has 0 saturated carbocycles. The summed E-state index contributed by atoms with van der Waals surface area (Å²) in [6, 6.07) is 11.5. The zero-order chi connectivity index (χ0) is 17.6. The molecule has 0 unspecified atom stereocenters. The Balaban J connectivity index is 1.93. The molecule has 0 fully saturated rings. The molecule has 6 heteroatoms. The number of benzene rings is 2. The summed E-state index contributed by atoms with van der Waals surface area (Å²) in [6.07, 6.45) is 1.35. The predicted octanol–water partition coefficient (Wildman–Crippen LogP) is 3.44. The van der Waals surface area contributed by atoms with Crippen LogP contribution >= 0.6 is 0 Å². The molecule has 2 rings (SSSR count). The minimum absolute atomic E-state index is 0.0797. The van der Waals surface area contributed by atoms with Crippen LogP contribution in [0.25, 0.3) is 0 Å². The molecule has 2 aromatic carbocycles. The van der Waals surface area contributed by atoms with Crippen LogP contribution in [0, 0.1) is 12.7 Å². The van der Waals surface area contributed by atoms with Gasteiger partial charge in [-0.25, -0.2) is 17.5 Å². The zero-order valence-corrected chi connectivity index (χ0v) is 14.7. The van der Waals surface area contributed by atoms with Crippen LogP contribution in [0.2, 0.25) is 0 Å². The molecule has 0 amide bonds. The lowest BCUT2D eigenvalue weighted by Crippen LogP contribution is -2.25. The fourth-order valence-corrected chi connectivity index (χ4v) is 3.52. The van der Waals surface area contributed by atoms with Crippen LogP contribution < -0.4 is 9.46 Å². The molecule has 0 radical (unpaired) electrons. The van der Waals surface area contributed by atoms with E-state index < -0.39 is 15.8 Å². The van der Waals surface area contributed by atoms with Crippen molar-refractivity contribution in [3.8, 4) is 5.75 Å². The number of hydrogen-bond donors (Lipinski definition) is 1. The smallest absolute Gasteiger partial charge is 0.240 e. The van der Waals surface area contributed by atoms with E-state index in [1.54, 1.807) is 6.92 Å². The highest BCUT2D eigenvalue weighted by molar-refractivity contribution is 7.89. The molecule has 4 nitrogen and oxygen atoms in total. The van der Waals surface area contributed by atoms with Crippen LogP contribution in [0.1, 0.15) is 24.5 Å². The lowest BCUT2D eigenvalue weighted by Gasteiger charge is -2.11. The Bertz CT molecular complexity index is 791. The Morgan fingerprint density at radius 1 is 1.17 bits per heavy atom. The first-order valence-electron chi connectivity index (χ1n) is 7.90. The summed E-state index contributed by atoms with van der Waals surface area (Å²) in [6.45, 7) is 4.36. The van der Waals surface area contributed by atoms with Gasteiger partial charge in [0.2, 0.25) is 10.0 Å². The van der Waals surface area contributed by atoms with Gasteiger partial charge in [-0.3, -0.25) is 0 Å². The van der Waals surface area contributed by atoms with Crippen molar-refractivity contribution in [2.24, 2.45) is 0 Å². The quantitative estimate of drug-likeness (QED) is 0.741. The van der Waals surface area contributed by atoms with Crippen molar-refractivity contribution < 1.29 is 17.5 Å². The van der Waals surface area contributed by atoms with Crippen molar-refractivity contribution in [2.75, 3.05) is 13.2 Å². The molecule has 0 aliphatic heterocycles. The number of aryl methyl sites for hydroxylation is 2. The third-order valence-electron chi connectivity index (χ3n) is 3.63. The first kappa shape index (κ1) is 18.4. The van der Waals surface area contributed by atoms with E-state index in [9.17, 15) is 12.8 Å². The van der Waals surface area contributed by atoms with Crippen molar-refractivity contribution in [3.05, 3.63) is 59.4 Å². The highest BCUT2D eigenvalue weighted by Gasteiger charge is 2.14. The van der Waals surface area contributed by atoms with Gasteiger partial charge < -0.3 is 4.74 Å². The number of rotatable bonds is 8. The van der Waals surface area contributed by atoms with Gasteiger partial charge in [0.25, 0.3) is 0 Å². The lowest BCUT2D eigenvalue weighted by molar-refractivity contribution is 0.336. The number of nitrogens with one attached hydrogen (secondary N) is 1. The van der Waals surface area contributed by atoms with Gasteiger partial charge in [-0.05, 0) is 62.1 Å². The SMILES string of the molecule is CCOc1ccccc1CCCNS(=O)(=O)c1ccc(F)c(C)c1. The second kappa shape index (κ2) is 8.26. The van der Waals surface area contributed by atoms with E-state index in [1.165, 1.54) is 18.2 Å². The summed E-state index contributed by atoms with van der Waals surface area (Å²) in [7, 11) is -3.62. The summed E-state index contributed by atoms with van der Waals surface area (Å²) >= 11 is 0. The van der Waals surface area contributed by atoms with E-state index in [1.807, 2.05) is 31.2 Å². The Kier molecular flexibility index (Phi) is 6.34. The Labute approximate surface area is 142 Å². The molecule has 0 aliphatic rings. The van der Waals surface area contributed by atoms with Crippen LogP contribution in [-0.2, 0) is 16.4 Å². The fraction of sp³-hybridized carbons (Fsp3) is 0.333. The van der Waals surface area contributed by atoms with Crippen molar-refractivity contribution >= 4 is 10.0 Å². The third kappa shape index (κ3) is 4.79. The van der Waals surface area contributed by atoms with E-state index in [0.717, 1.165) is 11.3 Å². The van der Waals surface area contributed by atoms with Crippen molar-refractivity contribution in [1.82, 2.24) is 4.72 Å². The van der Waals surface area contributed by atoms with Crippen molar-refractivity contribution in [1.29, 1.82) is 0 Å². The highest BCUT2D eigenvalue weighted by Crippen LogP contribution is 2.19. The van der Waals surface area contributed by atoms with E-state index in [2.05, 4.69) is 4.72 Å². The van der Waals surface area contributed by atoms with Gasteiger partial charge in [0, 0.05) is 6.54 Å². The van der Waals surface area contributed by atoms with Gasteiger partial charge in [-0.2, -0.15) is 0 Å². The number of sulfonamides is 1. The number of hydrogen-bond acceptors (Lipinski definition) is 3. The molecule has 1 N–H and O–H groups in total. The van der Waals surface area contributed by atoms with Gasteiger partial charge in [0.05, 0.1) is 11.5 Å². The molecular formula is C18H22FNO3S. The molecule has 0 spiro atoms. The Morgan fingerprint density at radius 3 is 2.62 bits per heavy atom. The first-order chi connectivity index (χ1) is 11.4. The van der Waals surface area contributed by atoms with E-state index in [-0.39, 0.29) is 4.90 Å². The largest absolute Gasteiger partial charge is 0.494 e. The van der Waals surface area contributed by atoms with Crippen molar-refractivity contribution in [2.45, 2.75) is 31.6 Å². The van der Waals surface area contributed by atoms with E-state index in [0.29, 0.717) is 31.6 Å². The fourth-order valence-electron chi connectivity index (χ4n) is 2.36. The molecule has 0 atom stereocenters. The number of halogens is 1. The maximum Gasteiger partial charge on any atom is 0.240 e. The molecule has 0 aromatic heterocycles. The monoisotopic (exact) mass is 351 g/mol. The van der Waals surface area contributed by atoms with Crippen LogP contribution in [0.4, 0.5) is 4.39 Å². The summed E-state index contributed by atoms with van der Waals surface area (Å²) < 4.78 is 45.8. The first-order valence-corrected chi connectivity index (χ1v) is 9.39. The molecule has 0 bridgehead atoms. The standard InChI is InChI=1S/C18H22FNO3S/c1-3-23-18-9-5-4-7-15(18)8-6-12-20-24(21,22)16-10-11-17(19)14(2)13-16/h4-5,7,9-11,13,20H,3,6,8,12H2,1-2H3. The summed E-state index contributed by atoms with van der Waals surface area (Å²) in [5.74, 6) is 0.415. The third-order valence-corrected chi connectivity index (χ3v) is 5.09. The van der Waals surface area contributed by atoms with Gasteiger partial charge in [-0.1, -0.05) is 18.2 Å². The van der Waals surface area contributed by atoms with E-state index in [4.69, 9.17) is 4.74 Å². The highest BCUT2D eigenvalue weighted by atomic mass is 32.2. The molecule has 24 heavy (non-hydrogen) atoms. The molecule has 0 heterocycles. The van der Waals surface area contributed by atoms with Crippen LogP contribution in [-0.4, -0.2) is 21.6 Å². The Morgan fingerprint density at radius 2 is 1.92 bits per heavy atom. The van der Waals surface area contributed by atoms with Gasteiger partial charge in [0.1, 0.15) is 11.6 Å². The second-order valence-electron chi connectivity index (χ2n) is 5.45. The topological polar surface area (TPSA) is 55.4 Å². The van der Waals surface area contributed by atoms with Crippen LogP contribution in [0.15, 0.2) is 47.4 Å². The average molecular weight is 351 g/mol. The number of para-hydroxylation sites is 1. The Hall–Kier alpha value is -1.92. The lowest BCUT2D eigenvalue weighted by atomic mass is 10.1. The summed E-state index contributed by atoms with van der Waals surface area (Å²) in [5.41, 5.74) is 1.36. The van der Waals surface area contributed by atoms with Crippen LogP contribution in [0.5, 0.6) is 5.75 Å². The molecular weight excluding hydrogens is 329 g/mol.